The number of methoxy groups -OCH3 is 2. The van der Waals surface area contributed by atoms with Gasteiger partial charge >= 0.3 is 27.5 Å². The Morgan fingerprint density at radius 1 is 0.742 bits per heavy atom. The van der Waals surface area contributed by atoms with Crippen molar-refractivity contribution in [1.82, 2.24) is 0 Å². The summed E-state index contributed by atoms with van der Waals surface area (Å²) in [6, 6.07) is 16.4. The molecule has 5 radical (unpaired) electrons. The van der Waals surface area contributed by atoms with Crippen molar-refractivity contribution in [3.8, 4) is 11.5 Å². The van der Waals surface area contributed by atoms with Crippen LogP contribution in [0.4, 0.5) is 5.69 Å². The van der Waals surface area contributed by atoms with Crippen LogP contribution in [0.2, 0.25) is 0 Å². The Morgan fingerprint density at radius 2 is 1.16 bits per heavy atom. The average molecular weight is 617 g/mol. The first-order valence-electron chi connectivity index (χ1n) is 9.86. The number of aliphatic imine (C=N–C) groups is 1. The molecule has 0 unspecified atom stereocenters. The Bertz CT molecular complexity index is 747. The van der Waals surface area contributed by atoms with Gasteiger partial charge in [0, 0.05) is 5.75 Å². The number of rotatable bonds is 4. The van der Waals surface area contributed by atoms with E-state index in [-0.39, 0.29) is 0 Å². The van der Waals surface area contributed by atoms with E-state index in [0.717, 1.165) is 28.5 Å². The third-order valence-electron chi connectivity index (χ3n) is 5.59. The van der Waals surface area contributed by atoms with E-state index in [2.05, 4.69) is 55.3 Å². The van der Waals surface area contributed by atoms with Crippen LogP contribution < -0.4 is 9.47 Å². The second kappa shape index (κ2) is 13.9. The number of benzene rings is 2. The van der Waals surface area contributed by atoms with Crippen molar-refractivity contribution < 1.29 is 27.4 Å². The summed E-state index contributed by atoms with van der Waals surface area (Å²) in [4.78, 5) is 4.55. The zero-order valence-electron chi connectivity index (χ0n) is 19.5. The third-order valence-corrected chi connectivity index (χ3v) is 5.59. The van der Waals surface area contributed by atoms with Gasteiger partial charge in [-0.2, -0.15) is 0 Å². The number of hydrogen-bond acceptors (Lipinski definition) is 3. The summed E-state index contributed by atoms with van der Waals surface area (Å²) < 4.78 is 10.2. The Balaban J connectivity index is 0.000000337. The normalized spacial score (nSPS) is 16.3. The molecule has 2 aromatic rings. The molecule has 3 rings (SSSR count). The molecular weight excluding hydrogens is 586 g/mol. The van der Waals surface area contributed by atoms with Crippen molar-refractivity contribution in [2.24, 2.45) is 4.99 Å². The molecule has 2 aromatic carbocycles. The van der Waals surface area contributed by atoms with Gasteiger partial charge in [0.2, 0.25) is 0 Å². The first kappa shape index (κ1) is 27.7. The zero-order valence-corrected chi connectivity index (χ0v) is 22.7. The van der Waals surface area contributed by atoms with Crippen LogP contribution in [0, 0.1) is 35.7 Å². The second-order valence-electron chi connectivity index (χ2n) is 7.16. The molecule has 167 valence electrons. The maximum atomic E-state index is 5.12. The average Bonchev–Trinajstić information content (AvgIpc) is 2.99. The molecule has 0 N–H and O–H groups in total. The van der Waals surface area contributed by atoms with Crippen molar-refractivity contribution >= 4 is 21.0 Å². The fourth-order valence-electron chi connectivity index (χ4n) is 3.08. The SMILES string of the molecule is COc1c[c-]c(C(C)=Nc2ccc(OC)cc2)cc1.C[C]1[C](C)[C](C)[C](C)[C]1C.[Cl][Ir+2]. The summed E-state index contributed by atoms with van der Waals surface area (Å²) in [7, 11) is 7.93. The van der Waals surface area contributed by atoms with Gasteiger partial charge in [0.05, 0.1) is 19.9 Å². The summed E-state index contributed by atoms with van der Waals surface area (Å²) in [5.74, 6) is 8.96. The van der Waals surface area contributed by atoms with Crippen molar-refractivity contribution in [3.05, 3.63) is 83.7 Å². The predicted molar refractivity (Wildman–Crippen MR) is 127 cm³/mol. The molecule has 0 bridgehead atoms. The molecular formula is C26H31ClIrNO2+. The van der Waals surface area contributed by atoms with E-state index in [0.29, 0.717) is 0 Å². The van der Waals surface area contributed by atoms with Crippen LogP contribution in [-0.4, -0.2) is 19.9 Å². The molecule has 31 heavy (non-hydrogen) atoms. The van der Waals surface area contributed by atoms with Gasteiger partial charge in [0.15, 0.2) is 0 Å². The van der Waals surface area contributed by atoms with Gasteiger partial charge in [-0.1, -0.05) is 41.5 Å². The van der Waals surface area contributed by atoms with E-state index >= 15 is 0 Å². The first-order chi connectivity index (χ1) is 14.8. The minimum atomic E-state index is 0.793. The van der Waals surface area contributed by atoms with Crippen LogP contribution in [0.25, 0.3) is 0 Å². The molecule has 0 atom stereocenters. The summed E-state index contributed by atoms with van der Waals surface area (Å²) in [5.41, 5.74) is 2.76. The molecule has 1 aliphatic carbocycles. The van der Waals surface area contributed by atoms with Gasteiger partial charge in [-0.3, -0.25) is 0 Å². The molecule has 1 aliphatic rings. The van der Waals surface area contributed by atoms with Gasteiger partial charge in [-0.15, -0.1) is 29.8 Å². The first-order valence-corrected chi connectivity index (χ1v) is 12.8. The zero-order chi connectivity index (χ0) is 23.6. The van der Waals surface area contributed by atoms with Crippen molar-refractivity contribution in [2.45, 2.75) is 41.5 Å². The molecule has 0 aliphatic heterocycles. The standard InChI is InChI=1S/C16H16NO2.C10H15.ClH.Ir/c1-12(13-4-8-15(18-2)9-5-13)17-14-6-10-16(19-3)11-7-14;1-6-7(2)9(4)10(5)8(6)3;;/h4,6-11H,1-3H3;1-5H3;1H;/q-1;;;+3/p-1. The van der Waals surface area contributed by atoms with Gasteiger partial charge < -0.3 is 14.5 Å². The number of hydrogen-bond donors (Lipinski definition) is 0. The Kier molecular flexibility index (Phi) is 12.4. The molecule has 1 saturated carbocycles. The predicted octanol–water partition coefficient (Wildman–Crippen LogP) is 7.30. The Labute approximate surface area is 203 Å². The van der Waals surface area contributed by atoms with E-state index in [1.807, 2.05) is 49.4 Å². The quantitative estimate of drug-likeness (QED) is 0.267. The number of nitrogens with zero attached hydrogens (tertiary/aromatic N) is 1. The Hall–Kier alpha value is -1.35. The Morgan fingerprint density at radius 3 is 1.52 bits per heavy atom. The molecule has 1 fully saturated rings. The van der Waals surface area contributed by atoms with Crippen molar-refractivity contribution in [1.29, 1.82) is 0 Å². The van der Waals surface area contributed by atoms with Gasteiger partial charge in [0.25, 0.3) is 0 Å². The van der Waals surface area contributed by atoms with Gasteiger partial charge in [-0.05, 0) is 59.6 Å². The molecule has 0 spiro atoms. The van der Waals surface area contributed by atoms with Gasteiger partial charge in [0.1, 0.15) is 5.75 Å². The van der Waals surface area contributed by atoms with Crippen LogP contribution in [-0.2, 0) is 17.9 Å². The summed E-state index contributed by atoms with van der Waals surface area (Å²) >= 11 is 1.47. The van der Waals surface area contributed by atoms with E-state index in [1.54, 1.807) is 14.2 Å². The molecule has 3 nitrogen and oxygen atoms in total. The number of halogens is 1. The molecule has 0 saturated heterocycles. The second-order valence-corrected chi connectivity index (χ2v) is 7.16. The van der Waals surface area contributed by atoms with Crippen LogP contribution in [0.3, 0.4) is 0 Å². The molecule has 0 amide bonds. The third kappa shape index (κ3) is 7.93. The van der Waals surface area contributed by atoms with Crippen LogP contribution in [0.15, 0.2) is 47.5 Å². The minimum absolute atomic E-state index is 0.793. The topological polar surface area (TPSA) is 30.8 Å². The van der Waals surface area contributed by atoms with Gasteiger partial charge in [-0.25, -0.2) is 0 Å². The fraction of sp³-hybridized carbons (Fsp3) is 0.308. The van der Waals surface area contributed by atoms with Crippen LogP contribution in [0.1, 0.15) is 47.1 Å². The summed E-state index contributed by atoms with van der Waals surface area (Å²) in [6.07, 6.45) is 0. The van der Waals surface area contributed by atoms with E-state index in [1.165, 1.54) is 47.5 Å². The summed E-state index contributed by atoms with van der Waals surface area (Å²) in [5, 5.41) is 0. The van der Waals surface area contributed by atoms with E-state index in [4.69, 9.17) is 9.47 Å². The van der Waals surface area contributed by atoms with Crippen LogP contribution >= 0.6 is 9.58 Å². The maximum absolute atomic E-state index is 5.12. The monoisotopic (exact) mass is 617 g/mol. The van der Waals surface area contributed by atoms with Crippen molar-refractivity contribution in [3.63, 3.8) is 0 Å². The summed E-state index contributed by atoms with van der Waals surface area (Å²) in [6.45, 7) is 13.0. The molecule has 0 heterocycles. The van der Waals surface area contributed by atoms with E-state index in [9.17, 15) is 0 Å². The van der Waals surface area contributed by atoms with E-state index < -0.39 is 0 Å². The van der Waals surface area contributed by atoms with Crippen molar-refractivity contribution in [2.75, 3.05) is 14.2 Å². The van der Waals surface area contributed by atoms with Crippen LogP contribution in [0.5, 0.6) is 11.5 Å². The molecule has 0 aromatic heterocycles. The molecule has 5 heteroatoms. The fourth-order valence-corrected chi connectivity index (χ4v) is 3.08. The number of ether oxygens (including phenoxy) is 2.